The van der Waals surface area contributed by atoms with Gasteiger partial charge in [-0.1, -0.05) is 44.6 Å². The first-order valence-electron chi connectivity index (χ1n) is 7.83. The molecule has 0 amide bonds. The van der Waals surface area contributed by atoms with Crippen molar-refractivity contribution in [2.75, 3.05) is 12.4 Å². The van der Waals surface area contributed by atoms with E-state index >= 15 is 0 Å². The van der Waals surface area contributed by atoms with Gasteiger partial charge < -0.3 is 4.74 Å². The molecule has 2 aliphatic carbocycles. The van der Waals surface area contributed by atoms with Crippen molar-refractivity contribution in [2.24, 2.45) is 10.5 Å². The molecule has 1 unspecified atom stereocenters. The molecule has 0 saturated heterocycles. The van der Waals surface area contributed by atoms with Crippen molar-refractivity contribution in [3.8, 4) is 0 Å². The van der Waals surface area contributed by atoms with Crippen molar-refractivity contribution in [1.82, 2.24) is 5.43 Å². The number of allylic oxidation sites excluding steroid dienone is 6. The van der Waals surface area contributed by atoms with Crippen LogP contribution in [0.5, 0.6) is 0 Å². The topological polar surface area (TPSA) is 57.5 Å². The van der Waals surface area contributed by atoms with E-state index < -0.39 is 0 Å². The molecule has 2 N–H and O–H groups in total. The lowest BCUT2D eigenvalue weighted by molar-refractivity contribution is 0.198. The molecule has 1 atom stereocenters. The van der Waals surface area contributed by atoms with Gasteiger partial charge >= 0.3 is 0 Å². The van der Waals surface area contributed by atoms with Crippen LogP contribution in [0.4, 0.5) is 0 Å². The lowest BCUT2D eigenvalue weighted by Crippen LogP contribution is -2.34. The molecule has 2 rings (SSSR count). The van der Waals surface area contributed by atoms with Crippen LogP contribution < -0.4 is 5.43 Å². The smallest absolute Gasteiger partial charge is 0.120 e. The van der Waals surface area contributed by atoms with Gasteiger partial charge in [-0.05, 0) is 30.1 Å². The molecule has 0 fully saturated rings. The average molecular weight is 331 g/mol. The Hall–Kier alpha value is -1.75. The van der Waals surface area contributed by atoms with Gasteiger partial charge in [0.2, 0.25) is 0 Å². The molecule has 0 aromatic heterocycles. The Morgan fingerprint density at radius 1 is 1.30 bits per heavy atom. The zero-order chi connectivity index (χ0) is 16.9. The van der Waals surface area contributed by atoms with Crippen molar-refractivity contribution in [3.63, 3.8) is 0 Å². The molecule has 124 valence electrons. The zero-order valence-electron chi connectivity index (χ0n) is 14.0. The van der Waals surface area contributed by atoms with Crippen LogP contribution in [0.2, 0.25) is 0 Å². The summed E-state index contributed by atoms with van der Waals surface area (Å²) in [5.74, 6) is 1.55. The largest absolute Gasteiger partial charge is 0.495 e. The van der Waals surface area contributed by atoms with E-state index in [4.69, 9.17) is 10.1 Å². The number of hydrazone groups is 1. The van der Waals surface area contributed by atoms with Crippen LogP contribution in [-0.4, -0.2) is 29.8 Å². The molecule has 0 aromatic rings. The number of ether oxygens (including phenoxy) is 1. The maximum atomic E-state index is 7.89. The third-order valence-electron chi connectivity index (χ3n) is 3.78. The maximum absolute atomic E-state index is 7.89. The molecule has 0 aromatic carbocycles. The van der Waals surface area contributed by atoms with Crippen molar-refractivity contribution < 1.29 is 4.74 Å². The Bertz CT molecular complexity index is 606. The van der Waals surface area contributed by atoms with Gasteiger partial charge in [-0.3, -0.25) is 10.8 Å². The summed E-state index contributed by atoms with van der Waals surface area (Å²) in [5, 5.41) is 12.3. The van der Waals surface area contributed by atoms with Crippen molar-refractivity contribution in [2.45, 2.75) is 33.2 Å². The van der Waals surface area contributed by atoms with E-state index in [2.05, 4.69) is 50.0 Å². The predicted octanol–water partition coefficient (Wildman–Crippen LogP) is 3.65. The van der Waals surface area contributed by atoms with E-state index in [0.29, 0.717) is 23.8 Å². The zero-order valence-corrected chi connectivity index (χ0v) is 14.9. The van der Waals surface area contributed by atoms with Gasteiger partial charge in [-0.25, -0.2) is 0 Å². The molecule has 0 spiro atoms. The maximum Gasteiger partial charge on any atom is 0.120 e. The highest BCUT2D eigenvalue weighted by Crippen LogP contribution is 2.33. The Morgan fingerprint density at radius 3 is 2.70 bits per heavy atom. The lowest BCUT2D eigenvalue weighted by Gasteiger charge is -2.31. The summed E-state index contributed by atoms with van der Waals surface area (Å²) in [7, 11) is 0. The first-order valence-corrected chi connectivity index (χ1v) is 8.47. The Balaban J connectivity index is 2.14. The highest BCUT2D eigenvalue weighted by atomic mass is 32.1. The van der Waals surface area contributed by atoms with Gasteiger partial charge in [0, 0.05) is 5.75 Å². The molecule has 0 saturated carbocycles. The summed E-state index contributed by atoms with van der Waals surface area (Å²) >= 11 is 4.20. The fourth-order valence-electron chi connectivity index (χ4n) is 2.38. The molecule has 5 heteroatoms. The molecule has 0 radical (unpaired) electrons. The molecular weight excluding hydrogens is 306 g/mol. The van der Waals surface area contributed by atoms with Crippen LogP contribution in [0.1, 0.15) is 27.2 Å². The van der Waals surface area contributed by atoms with Gasteiger partial charge in [0.25, 0.3) is 0 Å². The number of thiol groups is 1. The number of nitrogens with zero attached hydrogens (tertiary/aromatic N) is 1. The number of hydrogen-bond donors (Lipinski definition) is 3. The number of rotatable bonds is 5. The third kappa shape index (κ3) is 4.86. The van der Waals surface area contributed by atoms with E-state index in [1.807, 2.05) is 24.3 Å². The third-order valence-corrected chi connectivity index (χ3v) is 3.97. The van der Waals surface area contributed by atoms with E-state index in [1.54, 1.807) is 6.08 Å². The minimum absolute atomic E-state index is 0.0197. The second-order valence-electron chi connectivity index (χ2n) is 6.60. The molecule has 0 bridgehead atoms. The van der Waals surface area contributed by atoms with Crippen LogP contribution in [0.15, 0.2) is 52.9 Å². The normalized spacial score (nSPS) is 22.9. The van der Waals surface area contributed by atoms with Crippen molar-refractivity contribution in [1.29, 1.82) is 5.41 Å². The summed E-state index contributed by atoms with van der Waals surface area (Å²) in [5.41, 5.74) is 5.68. The molecule has 0 heterocycles. The fourth-order valence-corrected chi connectivity index (χ4v) is 2.47. The molecular formula is C18H25N3OS. The fraction of sp³-hybridized carbons (Fsp3) is 0.444. The highest BCUT2D eigenvalue weighted by Gasteiger charge is 2.26. The summed E-state index contributed by atoms with van der Waals surface area (Å²) in [6.07, 6.45) is 12.3. The lowest BCUT2D eigenvalue weighted by atomic mass is 9.80. The Kier molecular flexibility index (Phi) is 5.88. The molecule has 4 nitrogen and oxygen atoms in total. The number of nitrogens with one attached hydrogen (secondary N) is 2. The highest BCUT2D eigenvalue weighted by molar-refractivity contribution is 7.80. The minimum atomic E-state index is -0.0197. The van der Waals surface area contributed by atoms with E-state index in [0.717, 1.165) is 12.2 Å². The average Bonchev–Trinajstić information content (AvgIpc) is 2.51. The second-order valence-corrected chi connectivity index (χ2v) is 7.04. The summed E-state index contributed by atoms with van der Waals surface area (Å²) in [4.78, 5) is 0. The van der Waals surface area contributed by atoms with Crippen LogP contribution in [-0.2, 0) is 4.74 Å². The van der Waals surface area contributed by atoms with E-state index in [9.17, 15) is 0 Å². The predicted molar refractivity (Wildman–Crippen MR) is 100 cm³/mol. The Labute approximate surface area is 144 Å². The van der Waals surface area contributed by atoms with Crippen molar-refractivity contribution >= 4 is 24.1 Å². The number of hydrogen-bond acceptors (Lipinski definition) is 5. The van der Waals surface area contributed by atoms with Gasteiger partial charge in [0.1, 0.15) is 17.5 Å². The van der Waals surface area contributed by atoms with Crippen LogP contribution in [0.25, 0.3) is 0 Å². The van der Waals surface area contributed by atoms with Gasteiger partial charge in [0.15, 0.2) is 0 Å². The quantitative estimate of drug-likeness (QED) is 0.409. The monoisotopic (exact) mass is 331 g/mol. The van der Waals surface area contributed by atoms with Gasteiger partial charge in [0.05, 0.1) is 12.3 Å². The van der Waals surface area contributed by atoms with Crippen LogP contribution in [0.3, 0.4) is 0 Å². The Morgan fingerprint density at radius 2 is 2.04 bits per heavy atom. The molecule has 0 aliphatic heterocycles. The van der Waals surface area contributed by atoms with E-state index in [1.165, 1.54) is 5.57 Å². The first-order chi connectivity index (χ1) is 10.9. The first kappa shape index (κ1) is 17.6. The van der Waals surface area contributed by atoms with Crippen LogP contribution >= 0.6 is 12.6 Å². The van der Waals surface area contributed by atoms with Crippen LogP contribution in [0, 0.1) is 10.8 Å². The molecule has 2 aliphatic rings. The van der Waals surface area contributed by atoms with Crippen molar-refractivity contribution in [3.05, 3.63) is 47.8 Å². The SMILES string of the molecule is CC(C)(C)C1=CC=C(OCCS)C(N/N=C2/C=CC=CC2=N)C1. The van der Waals surface area contributed by atoms with E-state index in [-0.39, 0.29) is 11.5 Å². The summed E-state index contributed by atoms with van der Waals surface area (Å²) < 4.78 is 5.80. The summed E-state index contributed by atoms with van der Waals surface area (Å²) in [6, 6.07) is -0.0197. The van der Waals surface area contributed by atoms with Gasteiger partial charge in [-0.15, -0.1) is 0 Å². The molecule has 23 heavy (non-hydrogen) atoms. The minimum Gasteiger partial charge on any atom is -0.495 e. The van der Waals surface area contributed by atoms with Gasteiger partial charge in [-0.2, -0.15) is 17.7 Å². The summed E-state index contributed by atoms with van der Waals surface area (Å²) in [6.45, 7) is 7.19. The second kappa shape index (κ2) is 7.68. The standard InChI is InChI=1S/C18H25N3OS/c1-18(2,3)13-8-9-17(22-10-11-23)16(12-13)21-20-15-7-5-4-6-14(15)19/h4-9,16,19,21,23H,10-12H2,1-3H3/b19-14?,20-15-.